The minimum absolute atomic E-state index is 0.356. The van der Waals surface area contributed by atoms with Crippen molar-refractivity contribution in [3.8, 4) is 0 Å². The molecule has 0 spiro atoms. The van der Waals surface area contributed by atoms with Crippen molar-refractivity contribution in [2.75, 3.05) is 0 Å². The molecule has 1 N–H and O–H groups in total. The fourth-order valence-electron chi connectivity index (χ4n) is 1.11. The minimum atomic E-state index is -0.356. The van der Waals surface area contributed by atoms with Crippen molar-refractivity contribution in [2.24, 2.45) is 0 Å². The molecule has 0 aromatic rings. The topological polar surface area (TPSA) is 20.2 Å². The summed E-state index contributed by atoms with van der Waals surface area (Å²) in [6, 6.07) is 0. The van der Waals surface area contributed by atoms with Crippen LogP contribution in [0.1, 0.15) is 20.8 Å². The van der Waals surface area contributed by atoms with E-state index in [-0.39, 0.29) is 6.10 Å². The van der Waals surface area contributed by atoms with Gasteiger partial charge in [-0.1, -0.05) is 11.6 Å². The lowest BCUT2D eigenvalue weighted by Crippen LogP contribution is -2.14. The SMILES string of the molecule is CC1=CC(C)=C(C)C(O)[CH]1. The van der Waals surface area contributed by atoms with E-state index in [0.717, 1.165) is 11.1 Å². The van der Waals surface area contributed by atoms with Gasteiger partial charge in [-0.3, -0.25) is 0 Å². The van der Waals surface area contributed by atoms with Crippen LogP contribution in [0.2, 0.25) is 0 Å². The summed E-state index contributed by atoms with van der Waals surface area (Å²) in [5, 5.41) is 9.36. The van der Waals surface area contributed by atoms with Gasteiger partial charge in [0.15, 0.2) is 0 Å². The third kappa shape index (κ3) is 1.29. The zero-order valence-corrected chi connectivity index (χ0v) is 6.68. The number of aliphatic hydroxyl groups excluding tert-OH is 1. The molecule has 55 valence electrons. The Labute approximate surface area is 62.1 Å². The van der Waals surface area contributed by atoms with E-state index in [1.54, 1.807) is 0 Å². The maximum absolute atomic E-state index is 9.36. The molecular formula is C9H13O. The van der Waals surface area contributed by atoms with Crippen molar-refractivity contribution in [1.29, 1.82) is 0 Å². The van der Waals surface area contributed by atoms with E-state index in [9.17, 15) is 5.11 Å². The van der Waals surface area contributed by atoms with Crippen molar-refractivity contribution in [3.63, 3.8) is 0 Å². The van der Waals surface area contributed by atoms with Crippen LogP contribution in [0.4, 0.5) is 0 Å². The molecule has 0 heterocycles. The van der Waals surface area contributed by atoms with Crippen LogP contribution in [0, 0.1) is 6.42 Å². The monoisotopic (exact) mass is 137 g/mol. The Morgan fingerprint density at radius 1 is 1.30 bits per heavy atom. The molecule has 1 nitrogen and oxygen atoms in total. The smallest absolute Gasteiger partial charge is 0.0825 e. The van der Waals surface area contributed by atoms with Crippen LogP contribution in [-0.2, 0) is 0 Å². The zero-order chi connectivity index (χ0) is 7.72. The van der Waals surface area contributed by atoms with Crippen LogP contribution < -0.4 is 0 Å². The lowest BCUT2D eigenvalue weighted by molar-refractivity contribution is 0.243. The fraction of sp³-hybridized carbons (Fsp3) is 0.444. The van der Waals surface area contributed by atoms with Crippen molar-refractivity contribution in [2.45, 2.75) is 26.9 Å². The first-order valence-electron chi connectivity index (χ1n) is 3.50. The summed E-state index contributed by atoms with van der Waals surface area (Å²) < 4.78 is 0. The van der Waals surface area contributed by atoms with E-state index in [1.807, 2.05) is 27.2 Å². The highest BCUT2D eigenvalue weighted by Gasteiger charge is 2.13. The average Bonchev–Trinajstić information content (AvgIpc) is 1.82. The van der Waals surface area contributed by atoms with Gasteiger partial charge < -0.3 is 5.11 Å². The first-order chi connectivity index (χ1) is 4.61. The van der Waals surface area contributed by atoms with Crippen molar-refractivity contribution >= 4 is 0 Å². The zero-order valence-electron chi connectivity index (χ0n) is 6.68. The number of hydrogen-bond donors (Lipinski definition) is 1. The Morgan fingerprint density at radius 2 is 1.90 bits per heavy atom. The summed E-state index contributed by atoms with van der Waals surface area (Å²) in [5.41, 5.74) is 3.40. The molecule has 1 radical (unpaired) electrons. The van der Waals surface area contributed by atoms with E-state index < -0.39 is 0 Å². The summed E-state index contributed by atoms with van der Waals surface area (Å²) >= 11 is 0. The number of allylic oxidation sites excluding steroid dienone is 2. The van der Waals surface area contributed by atoms with Gasteiger partial charge in [-0.2, -0.15) is 0 Å². The Morgan fingerprint density at radius 3 is 2.40 bits per heavy atom. The molecule has 0 saturated carbocycles. The van der Waals surface area contributed by atoms with Crippen molar-refractivity contribution < 1.29 is 5.11 Å². The Hall–Kier alpha value is -0.560. The molecule has 0 fully saturated rings. The van der Waals surface area contributed by atoms with Gasteiger partial charge in [0.2, 0.25) is 0 Å². The number of aliphatic hydroxyl groups is 1. The van der Waals surface area contributed by atoms with Gasteiger partial charge >= 0.3 is 0 Å². The van der Waals surface area contributed by atoms with E-state index >= 15 is 0 Å². The van der Waals surface area contributed by atoms with Gasteiger partial charge in [0, 0.05) is 6.42 Å². The van der Waals surface area contributed by atoms with Crippen LogP contribution in [-0.4, -0.2) is 11.2 Å². The molecule has 1 rings (SSSR count). The average molecular weight is 137 g/mol. The van der Waals surface area contributed by atoms with Gasteiger partial charge in [0.05, 0.1) is 6.10 Å². The molecule has 0 saturated heterocycles. The van der Waals surface area contributed by atoms with Gasteiger partial charge in [-0.25, -0.2) is 0 Å². The van der Waals surface area contributed by atoms with E-state index in [0.29, 0.717) is 0 Å². The van der Waals surface area contributed by atoms with Gasteiger partial charge in [-0.05, 0) is 31.9 Å². The van der Waals surface area contributed by atoms with Crippen LogP contribution >= 0.6 is 0 Å². The molecule has 0 amide bonds. The molecule has 0 bridgehead atoms. The third-order valence-corrected chi connectivity index (χ3v) is 1.93. The Kier molecular flexibility index (Phi) is 1.95. The first kappa shape index (κ1) is 7.55. The van der Waals surface area contributed by atoms with Crippen LogP contribution in [0.3, 0.4) is 0 Å². The summed E-state index contributed by atoms with van der Waals surface area (Å²) in [5.74, 6) is 0. The fourth-order valence-corrected chi connectivity index (χ4v) is 1.11. The number of hydrogen-bond acceptors (Lipinski definition) is 1. The van der Waals surface area contributed by atoms with E-state index in [1.165, 1.54) is 5.57 Å². The molecular weight excluding hydrogens is 124 g/mol. The molecule has 1 aliphatic rings. The Bertz CT molecular complexity index is 199. The molecule has 0 aromatic heterocycles. The minimum Gasteiger partial charge on any atom is -0.388 e. The lowest BCUT2D eigenvalue weighted by Gasteiger charge is -2.18. The highest BCUT2D eigenvalue weighted by Crippen LogP contribution is 2.22. The molecule has 1 aliphatic carbocycles. The quantitative estimate of drug-likeness (QED) is 0.540. The van der Waals surface area contributed by atoms with Gasteiger partial charge in [0.1, 0.15) is 0 Å². The maximum Gasteiger partial charge on any atom is 0.0825 e. The van der Waals surface area contributed by atoms with Crippen LogP contribution in [0.5, 0.6) is 0 Å². The van der Waals surface area contributed by atoms with Crippen LogP contribution in [0.15, 0.2) is 22.8 Å². The second-order valence-corrected chi connectivity index (χ2v) is 2.87. The van der Waals surface area contributed by atoms with E-state index in [2.05, 4.69) is 6.08 Å². The first-order valence-corrected chi connectivity index (χ1v) is 3.50. The second kappa shape index (κ2) is 2.59. The second-order valence-electron chi connectivity index (χ2n) is 2.87. The largest absolute Gasteiger partial charge is 0.388 e. The van der Waals surface area contributed by atoms with Crippen molar-refractivity contribution in [3.05, 3.63) is 29.2 Å². The molecule has 0 aromatic carbocycles. The summed E-state index contributed by atoms with van der Waals surface area (Å²) in [6.07, 6.45) is 3.59. The number of rotatable bonds is 0. The summed E-state index contributed by atoms with van der Waals surface area (Å²) in [4.78, 5) is 0. The maximum atomic E-state index is 9.36. The van der Waals surface area contributed by atoms with Gasteiger partial charge in [-0.15, -0.1) is 0 Å². The van der Waals surface area contributed by atoms with Crippen molar-refractivity contribution in [1.82, 2.24) is 0 Å². The highest BCUT2D eigenvalue weighted by molar-refractivity contribution is 5.38. The standard InChI is InChI=1S/C9H13O/c1-6-4-7(2)8(3)9(10)5-6/h4-5,9-10H,1-3H3. The Balaban J connectivity index is 2.92. The lowest BCUT2D eigenvalue weighted by atomic mass is 9.93. The molecule has 0 aliphatic heterocycles. The van der Waals surface area contributed by atoms with Crippen LogP contribution in [0.25, 0.3) is 0 Å². The normalized spacial score (nSPS) is 26.8. The molecule has 10 heavy (non-hydrogen) atoms. The molecule has 1 heteroatoms. The predicted molar refractivity (Wildman–Crippen MR) is 42.4 cm³/mol. The van der Waals surface area contributed by atoms with E-state index in [4.69, 9.17) is 0 Å². The predicted octanol–water partition coefficient (Wildman–Crippen LogP) is 1.85. The summed E-state index contributed by atoms with van der Waals surface area (Å²) in [7, 11) is 0. The molecule has 1 unspecified atom stereocenters. The highest BCUT2D eigenvalue weighted by atomic mass is 16.3. The van der Waals surface area contributed by atoms with Gasteiger partial charge in [0.25, 0.3) is 0 Å². The molecule has 1 atom stereocenters. The third-order valence-electron chi connectivity index (χ3n) is 1.93. The summed E-state index contributed by atoms with van der Waals surface area (Å²) in [6.45, 7) is 5.98.